The molecule has 2 amide bonds. The van der Waals surface area contributed by atoms with Gasteiger partial charge in [0.2, 0.25) is 0 Å². The van der Waals surface area contributed by atoms with Gasteiger partial charge in [0.1, 0.15) is 0 Å². The van der Waals surface area contributed by atoms with Crippen LogP contribution in [0.4, 0.5) is 10.5 Å². The second kappa shape index (κ2) is 11.0. The van der Waals surface area contributed by atoms with Crippen molar-refractivity contribution in [2.75, 3.05) is 5.32 Å². The van der Waals surface area contributed by atoms with Crippen LogP contribution in [0.15, 0.2) is 84.0 Å². The molecule has 0 bridgehead atoms. The molecule has 1 heterocycles. The number of carbonyl (C=O) groups excluding carboxylic acids is 1. The summed E-state index contributed by atoms with van der Waals surface area (Å²) in [4.78, 5) is 12.5. The maximum absolute atomic E-state index is 12.5. The fourth-order valence-corrected chi connectivity index (χ4v) is 4.40. The average Bonchev–Trinajstić information content (AvgIpc) is 3.25. The number of hydrogen-bond acceptors (Lipinski definition) is 4. The van der Waals surface area contributed by atoms with E-state index >= 15 is 0 Å². The second-order valence-electron chi connectivity index (χ2n) is 8.43. The molecule has 0 aliphatic carbocycles. The molecule has 0 aliphatic rings. The molecule has 0 saturated heterocycles. The number of urea groups is 1. The van der Waals surface area contributed by atoms with Crippen LogP contribution >= 0.6 is 11.8 Å². The second-order valence-corrected chi connectivity index (χ2v) is 9.37. The number of aryl methyl sites for hydroxylation is 1. The molecular weight excluding hydrogens is 442 g/mol. The number of benzene rings is 3. The third-order valence-corrected chi connectivity index (χ3v) is 6.45. The van der Waals surface area contributed by atoms with Gasteiger partial charge in [-0.05, 0) is 48.2 Å². The number of anilines is 1. The zero-order chi connectivity index (χ0) is 23.9. The Bertz CT molecular complexity index is 1220. The predicted octanol–water partition coefficient (Wildman–Crippen LogP) is 6.31. The molecule has 0 atom stereocenters. The first-order valence-corrected chi connectivity index (χ1v) is 12.3. The van der Waals surface area contributed by atoms with Crippen molar-refractivity contribution in [3.63, 3.8) is 0 Å². The van der Waals surface area contributed by atoms with Crippen LogP contribution in [0.1, 0.15) is 42.3 Å². The van der Waals surface area contributed by atoms with E-state index in [2.05, 4.69) is 65.9 Å². The zero-order valence-electron chi connectivity index (χ0n) is 19.7. The lowest BCUT2D eigenvalue weighted by molar-refractivity contribution is 0.251. The Morgan fingerprint density at radius 1 is 0.941 bits per heavy atom. The van der Waals surface area contributed by atoms with Crippen LogP contribution in [0.25, 0.3) is 5.69 Å². The molecule has 0 fully saturated rings. The maximum Gasteiger partial charge on any atom is 0.319 e. The van der Waals surface area contributed by atoms with Gasteiger partial charge in [-0.3, -0.25) is 4.57 Å². The smallest absolute Gasteiger partial charge is 0.319 e. The first-order chi connectivity index (χ1) is 16.5. The summed E-state index contributed by atoms with van der Waals surface area (Å²) in [7, 11) is 0. The number of amides is 2. The Labute approximate surface area is 204 Å². The van der Waals surface area contributed by atoms with Crippen LogP contribution in [-0.2, 0) is 12.3 Å². The molecule has 4 aromatic rings. The van der Waals surface area contributed by atoms with Gasteiger partial charge in [-0.1, -0.05) is 85.8 Å². The summed E-state index contributed by atoms with van der Waals surface area (Å²) in [5.41, 5.74) is 5.35. The lowest BCUT2D eigenvalue weighted by Crippen LogP contribution is -2.29. The molecule has 3 aromatic carbocycles. The fraction of sp³-hybridized carbons (Fsp3) is 0.222. The number of hydrogen-bond donors (Lipinski definition) is 2. The van der Waals surface area contributed by atoms with E-state index in [4.69, 9.17) is 0 Å². The lowest BCUT2D eigenvalue weighted by atomic mass is 10.0. The highest BCUT2D eigenvalue weighted by Gasteiger charge is 2.16. The fourth-order valence-electron chi connectivity index (χ4n) is 3.47. The highest BCUT2D eigenvalue weighted by Crippen LogP contribution is 2.25. The number of thioether (sulfide) groups is 1. The van der Waals surface area contributed by atoms with Crippen LogP contribution in [0, 0.1) is 6.92 Å². The Hall–Kier alpha value is -3.58. The minimum absolute atomic E-state index is 0.253. The van der Waals surface area contributed by atoms with Gasteiger partial charge >= 0.3 is 6.03 Å². The molecule has 0 saturated carbocycles. The molecule has 2 N–H and O–H groups in total. The summed E-state index contributed by atoms with van der Waals surface area (Å²) in [5, 5.41) is 15.4. The summed E-state index contributed by atoms with van der Waals surface area (Å²) in [5.74, 6) is 1.90. The summed E-state index contributed by atoms with van der Waals surface area (Å²) in [6.07, 6.45) is 0. The molecule has 0 unspecified atom stereocenters. The lowest BCUT2D eigenvalue weighted by Gasteiger charge is -2.12. The van der Waals surface area contributed by atoms with Crippen molar-refractivity contribution in [3.05, 3.63) is 101 Å². The van der Waals surface area contributed by atoms with Crippen LogP contribution in [0.5, 0.6) is 0 Å². The molecule has 34 heavy (non-hydrogen) atoms. The number of aromatic nitrogens is 3. The monoisotopic (exact) mass is 471 g/mol. The van der Waals surface area contributed by atoms with Gasteiger partial charge in [0.15, 0.2) is 11.0 Å². The van der Waals surface area contributed by atoms with Crippen LogP contribution in [-0.4, -0.2) is 20.8 Å². The molecule has 0 radical (unpaired) electrons. The highest BCUT2D eigenvalue weighted by atomic mass is 32.2. The first kappa shape index (κ1) is 23.6. The zero-order valence-corrected chi connectivity index (χ0v) is 20.5. The molecule has 6 nitrogen and oxygen atoms in total. The topological polar surface area (TPSA) is 71.8 Å². The SMILES string of the molecule is Cc1ccc(-n2c(CNC(=O)Nc3ccc(C(C)C)cc3)nnc2SCc2ccccc2)cc1. The van der Waals surface area contributed by atoms with E-state index in [9.17, 15) is 4.79 Å². The van der Waals surface area contributed by atoms with Crippen molar-refractivity contribution in [1.82, 2.24) is 20.1 Å². The van der Waals surface area contributed by atoms with Crippen molar-refractivity contribution in [3.8, 4) is 5.69 Å². The van der Waals surface area contributed by atoms with Crippen molar-refractivity contribution in [1.29, 1.82) is 0 Å². The summed E-state index contributed by atoms with van der Waals surface area (Å²) >= 11 is 1.62. The number of nitrogens with zero attached hydrogens (tertiary/aromatic N) is 3. The molecular formula is C27H29N5OS. The van der Waals surface area contributed by atoms with Gasteiger partial charge < -0.3 is 10.6 Å². The van der Waals surface area contributed by atoms with Gasteiger partial charge in [-0.15, -0.1) is 10.2 Å². The number of rotatable bonds is 8. The molecule has 1 aromatic heterocycles. The van der Waals surface area contributed by atoms with Crippen molar-refractivity contribution in [2.24, 2.45) is 0 Å². The molecule has 4 rings (SSSR count). The van der Waals surface area contributed by atoms with Crippen LogP contribution in [0.2, 0.25) is 0 Å². The van der Waals surface area contributed by atoms with E-state index < -0.39 is 0 Å². The standard InChI is InChI=1S/C27H29N5OS/c1-19(2)22-11-13-23(14-12-22)29-26(33)28-17-25-30-31-27(34-18-21-7-5-4-6-8-21)32(25)24-15-9-20(3)10-16-24/h4-16,19H,17-18H2,1-3H3,(H2,28,29,33). The minimum Gasteiger partial charge on any atom is -0.331 e. The van der Waals surface area contributed by atoms with Gasteiger partial charge in [0.25, 0.3) is 0 Å². The van der Waals surface area contributed by atoms with E-state index in [1.54, 1.807) is 11.8 Å². The maximum atomic E-state index is 12.5. The molecule has 174 valence electrons. The van der Waals surface area contributed by atoms with Crippen molar-refractivity contribution < 1.29 is 4.79 Å². The van der Waals surface area contributed by atoms with Gasteiger partial charge in [0, 0.05) is 17.1 Å². The van der Waals surface area contributed by atoms with E-state index in [-0.39, 0.29) is 12.6 Å². The van der Waals surface area contributed by atoms with Crippen molar-refractivity contribution in [2.45, 2.75) is 44.1 Å². The first-order valence-electron chi connectivity index (χ1n) is 11.3. The Kier molecular flexibility index (Phi) is 7.65. The molecule has 0 aliphatic heterocycles. The van der Waals surface area contributed by atoms with Gasteiger partial charge in [0.05, 0.1) is 6.54 Å². The predicted molar refractivity (Wildman–Crippen MR) is 138 cm³/mol. The summed E-state index contributed by atoms with van der Waals surface area (Å²) in [6, 6.07) is 26.1. The van der Waals surface area contributed by atoms with Gasteiger partial charge in [-0.25, -0.2) is 4.79 Å². The Morgan fingerprint density at radius 2 is 1.65 bits per heavy atom. The summed E-state index contributed by atoms with van der Waals surface area (Å²) in [6.45, 7) is 6.60. The van der Waals surface area contributed by atoms with E-state index in [0.717, 1.165) is 22.3 Å². The normalized spacial score (nSPS) is 10.9. The third kappa shape index (κ3) is 6.05. The third-order valence-electron chi connectivity index (χ3n) is 5.45. The molecule has 0 spiro atoms. The van der Waals surface area contributed by atoms with E-state index in [1.165, 1.54) is 16.7 Å². The van der Waals surface area contributed by atoms with Crippen LogP contribution < -0.4 is 10.6 Å². The van der Waals surface area contributed by atoms with Crippen LogP contribution in [0.3, 0.4) is 0 Å². The highest BCUT2D eigenvalue weighted by molar-refractivity contribution is 7.98. The Morgan fingerprint density at radius 3 is 2.32 bits per heavy atom. The van der Waals surface area contributed by atoms with E-state index in [1.807, 2.05) is 59.2 Å². The average molecular weight is 472 g/mol. The van der Waals surface area contributed by atoms with Crippen molar-refractivity contribution >= 4 is 23.5 Å². The Balaban J connectivity index is 1.47. The minimum atomic E-state index is -0.283. The number of nitrogens with one attached hydrogen (secondary N) is 2. The summed E-state index contributed by atoms with van der Waals surface area (Å²) < 4.78 is 2.00. The van der Waals surface area contributed by atoms with Gasteiger partial charge in [-0.2, -0.15) is 0 Å². The molecule has 7 heteroatoms. The quantitative estimate of drug-likeness (QED) is 0.295. The number of carbonyl (C=O) groups is 1. The largest absolute Gasteiger partial charge is 0.331 e. The van der Waals surface area contributed by atoms with E-state index in [0.29, 0.717) is 11.7 Å².